The third-order valence-corrected chi connectivity index (χ3v) is 0. The summed E-state index contributed by atoms with van der Waals surface area (Å²) >= 11 is 0. The van der Waals surface area contributed by atoms with Crippen molar-refractivity contribution < 1.29 is 29.9 Å². The third kappa shape index (κ3) is 15.3. The minimum absolute atomic E-state index is 0. The Balaban J connectivity index is -0.0000000200. The monoisotopic (exact) mass is 72.0 g/mol. The van der Waals surface area contributed by atoms with Gasteiger partial charge in [-0.15, -0.1) is 0 Å². The molecule has 0 bridgehead atoms. The predicted octanol–water partition coefficient (Wildman–Crippen LogP) is -4.91. The third-order valence-electron chi connectivity index (χ3n) is 0. The van der Waals surface area contributed by atoms with Crippen molar-refractivity contribution in [1.29, 1.82) is 0 Å². The first kappa shape index (κ1) is 8.83. The van der Waals surface area contributed by atoms with Crippen molar-refractivity contribution in [2.75, 3.05) is 0 Å². The van der Waals surface area contributed by atoms with E-state index in [1.807, 2.05) is 0 Å². The van der Waals surface area contributed by atoms with Crippen LogP contribution < -0.4 is 18.9 Å². The van der Waals surface area contributed by atoms with Gasteiger partial charge in [0.05, 0.1) is 0 Å². The molecule has 0 spiro atoms. The average molecular weight is 72.1 g/mol. The second kappa shape index (κ2) is 9.28. The van der Waals surface area contributed by atoms with Crippen LogP contribution in [0.15, 0.2) is 0 Å². The molecule has 2 nitrogen and oxygen atoms in total. The Labute approximate surface area is 40.6 Å². The first-order valence-corrected chi connectivity index (χ1v) is 1.90. The smallest absolute Gasteiger partial charge is 1.00 e. The minimum atomic E-state index is -1.58. The van der Waals surface area contributed by atoms with Gasteiger partial charge in [-0.05, 0) is 0 Å². The van der Waals surface area contributed by atoms with Crippen molar-refractivity contribution in [3.63, 3.8) is 0 Å². The van der Waals surface area contributed by atoms with Crippen LogP contribution in [0.5, 0.6) is 0 Å². The van der Waals surface area contributed by atoms with Gasteiger partial charge in [0.25, 0.3) is 10.0 Å². The van der Waals surface area contributed by atoms with Gasteiger partial charge in [-0.2, -0.15) is 0 Å². The fraction of sp³-hybridized carbons (Fsp3) is 0. The summed E-state index contributed by atoms with van der Waals surface area (Å²) in [4.78, 5) is 14.5. The van der Waals surface area contributed by atoms with Gasteiger partial charge in [-0.1, -0.05) is 0 Å². The Morgan fingerprint density at radius 1 is 1.50 bits per heavy atom. The summed E-state index contributed by atoms with van der Waals surface area (Å²) in [6, 6.07) is 0. The van der Waals surface area contributed by atoms with Crippen molar-refractivity contribution in [2.24, 2.45) is 0 Å². The Hall–Kier alpha value is 0.734. The molecule has 4 heavy (non-hydrogen) atoms. The molecule has 0 rings (SSSR count). The van der Waals surface area contributed by atoms with Crippen LogP contribution in [0, 0.1) is 0 Å². The maximum atomic E-state index is 7.26. The molecule has 0 aromatic rings. The first-order chi connectivity index (χ1) is 1.41. The summed E-state index contributed by atoms with van der Waals surface area (Å²) in [5.41, 5.74) is 0. The molecule has 0 fully saturated rings. The van der Waals surface area contributed by atoms with Crippen molar-refractivity contribution in [2.45, 2.75) is 0 Å². The van der Waals surface area contributed by atoms with Crippen LogP contribution in [0.4, 0.5) is 0 Å². The van der Waals surface area contributed by atoms with E-state index >= 15 is 0 Å². The van der Waals surface area contributed by atoms with E-state index in [1.165, 1.54) is 0 Å². The van der Waals surface area contributed by atoms with Crippen LogP contribution >= 0.6 is 0 Å². The number of hydrogen-bond donors (Lipinski definition) is 2. The van der Waals surface area contributed by atoms with Crippen LogP contribution in [0.2, 0.25) is 0 Å². The topological polar surface area (TPSA) is 40.5 Å². The summed E-state index contributed by atoms with van der Waals surface area (Å²) < 4.78 is 0. The van der Waals surface area contributed by atoms with E-state index in [9.17, 15) is 0 Å². The molecule has 0 saturated heterocycles. The van der Waals surface area contributed by atoms with E-state index in [0.29, 0.717) is 0 Å². The summed E-state index contributed by atoms with van der Waals surface area (Å²) in [6.07, 6.45) is 0. The number of hydrogen-bond acceptors (Lipinski definition) is 2. The molecule has 0 aliphatic rings. The summed E-state index contributed by atoms with van der Waals surface area (Å²) in [6.45, 7) is 0. The van der Waals surface area contributed by atoms with Crippen LogP contribution in [0.3, 0.4) is 0 Å². The van der Waals surface area contributed by atoms with Gasteiger partial charge in [-0.3, -0.25) is 0 Å². The Morgan fingerprint density at radius 3 is 1.50 bits per heavy atom. The minimum Gasteiger partial charge on any atom is -1.00 e. The summed E-state index contributed by atoms with van der Waals surface area (Å²) in [5.74, 6) is 0. The molecule has 0 heterocycles. The zero-order valence-corrected chi connectivity index (χ0v) is 4.02. The first-order valence-electron chi connectivity index (χ1n) is 0.632. The summed E-state index contributed by atoms with van der Waals surface area (Å²) in [7, 11) is -1.58. The Bertz CT molecular complexity index is 9.61. The molecule has 0 aliphatic heterocycles. The average Bonchev–Trinajstić information content (AvgIpc) is 0.918. The molecule has 0 unspecified atom stereocenters. The van der Waals surface area contributed by atoms with Crippen LogP contribution in [0.25, 0.3) is 0 Å². The molecule has 0 aromatic heterocycles. The van der Waals surface area contributed by atoms with E-state index in [0.717, 1.165) is 0 Å². The van der Waals surface area contributed by atoms with Gasteiger partial charge in [-0.25, -0.2) is 0 Å². The van der Waals surface area contributed by atoms with E-state index in [4.69, 9.17) is 9.59 Å². The van der Waals surface area contributed by atoms with E-state index < -0.39 is 10.0 Å². The molecule has 0 atom stereocenters. The van der Waals surface area contributed by atoms with E-state index in [1.54, 1.807) is 0 Å². The summed E-state index contributed by atoms with van der Waals surface area (Å²) in [5, 5.41) is 0. The molecule has 0 saturated carbocycles. The van der Waals surface area contributed by atoms with Crippen LogP contribution in [-0.2, 0) is 0 Å². The maximum Gasteiger partial charge on any atom is 1.00 e. The molecule has 2 N–H and O–H groups in total. The number of rotatable bonds is 0. The fourth-order valence-corrected chi connectivity index (χ4v) is 0. The molecule has 4 heteroatoms. The van der Waals surface area contributed by atoms with Crippen LogP contribution in [-0.4, -0.2) is 19.6 Å². The van der Waals surface area contributed by atoms with Crippen molar-refractivity contribution in [3.8, 4) is 0 Å². The zero-order chi connectivity index (χ0) is 2.71. The molecular formula is H5LiO2Si. The predicted molar refractivity (Wildman–Crippen MR) is 14.1 cm³/mol. The largest absolute Gasteiger partial charge is 1.00 e. The quantitative estimate of drug-likeness (QED) is 0.282. The maximum absolute atomic E-state index is 7.26. The molecule has 0 amide bonds. The second-order valence-electron chi connectivity index (χ2n) is 0.141. The molecule has 0 aliphatic carbocycles. The van der Waals surface area contributed by atoms with Gasteiger partial charge >= 0.3 is 18.9 Å². The van der Waals surface area contributed by atoms with Gasteiger partial charge in [0.1, 0.15) is 0 Å². The normalized spacial score (nSPS) is 4.50. The van der Waals surface area contributed by atoms with Crippen molar-refractivity contribution in [1.82, 2.24) is 0 Å². The second-order valence-corrected chi connectivity index (χ2v) is 0.424. The van der Waals surface area contributed by atoms with Gasteiger partial charge in [0, 0.05) is 0 Å². The zero-order valence-electron chi connectivity index (χ0n) is 3.60. The fourth-order valence-electron chi connectivity index (χ4n) is 0. The van der Waals surface area contributed by atoms with Crippen LogP contribution in [0.1, 0.15) is 1.43 Å². The van der Waals surface area contributed by atoms with Gasteiger partial charge in [0.15, 0.2) is 0 Å². The van der Waals surface area contributed by atoms with Gasteiger partial charge < -0.3 is 11.0 Å². The standard InChI is InChI=1S/Li.H4O2Si.H/c;1-3-2;/h;1-2H,3H2;/q+1;;-1. The Kier molecular flexibility index (Phi) is 20.5. The molecule has 22 valence electrons. The van der Waals surface area contributed by atoms with E-state index in [-0.39, 0.29) is 20.3 Å². The SMILES string of the molecule is O[SiH2]O.[H-].[Li+]. The molecular weight excluding hydrogens is 67.0 g/mol. The molecule has 0 radical (unpaired) electrons. The van der Waals surface area contributed by atoms with Gasteiger partial charge in [0.2, 0.25) is 0 Å². The molecule has 0 aromatic carbocycles. The Morgan fingerprint density at radius 2 is 1.50 bits per heavy atom. The van der Waals surface area contributed by atoms with E-state index in [2.05, 4.69) is 0 Å². The van der Waals surface area contributed by atoms with Crippen molar-refractivity contribution in [3.05, 3.63) is 0 Å². The van der Waals surface area contributed by atoms with Crippen molar-refractivity contribution >= 4 is 10.0 Å².